The van der Waals surface area contributed by atoms with E-state index in [2.05, 4.69) is 16.0 Å². The number of alkyl halides is 1. The molecule has 2 fully saturated rings. The summed E-state index contributed by atoms with van der Waals surface area (Å²) in [5.74, 6) is -3.43. The van der Waals surface area contributed by atoms with Crippen LogP contribution in [0.25, 0.3) is 0 Å². The molecule has 2 heterocycles. The summed E-state index contributed by atoms with van der Waals surface area (Å²) < 4.78 is 35.6. The zero-order chi connectivity index (χ0) is 30.7. The minimum atomic E-state index is -1.52. The number of hydrogen-bond donors (Lipinski definition) is 4. The minimum Gasteiger partial charge on any atom is -0.495 e. The maximum absolute atomic E-state index is 15.9. The zero-order valence-corrected chi connectivity index (χ0v) is 24.5. The van der Waals surface area contributed by atoms with Gasteiger partial charge in [-0.2, -0.15) is 0 Å². The quantitative estimate of drug-likeness (QED) is 0.268. The fraction of sp³-hybridized carbons (Fsp3) is 0.323. The van der Waals surface area contributed by atoms with Crippen molar-refractivity contribution in [2.75, 3.05) is 24.4 Å². The molecule has 12 heteroatoms. The van der Waals surface area contributed by atoms with Crippen LogP contribution in [-0.4, -0.2) is 43.6 Å². The van der Waals surface area contributed by atoms with Crippen molar-refractivity contribution >= 4 is 52.3 Å². The second-order valence-corrected chi connectivity index (χ2v) is 12.3. The van der Waals surface area contributed by atoms with Crippen LogP contribution in [0.4, 0.5) is 20.2 Å². The molecule has 3 amide bonds. The standard InChI is InChI=1S/C31H28Cl2F2N4O4/c1-43-22-11-15(27(36)40)5-8-20(22)37-28(41)26-24(17-3-2-4-19(33)25(17)35)31(23(39-26)13-30(14-34)9-10-30)18-7-6-16(32)12-21(18)38-29(31)42/h2-8,11-12,23-24,26,39H,9-10,13-14H2,1H3,(H2,36,40)(H,37,41)(H,38,42)/t23-,24-,26+,31?/m0/s1. The first-order valence-corrected chi connectivity index (χ1v) is 14.5. The number of anilines is 2. The number of amides is 3. The van der Waals surface area contributed by atoms with E-state index in [0.717, 1.165) is 0 Å². The Hall–Kier alpha value is -3.73. The van der Waals surface area contributed by atoms with Gasteiger partial charge in [0.2, 0.25) is 17.7 Å². The van der Waals surface area contributed by atoms with Crippen molar-refractivity contribution in [3.63, 3.8) is 0 Å². The molecule has 8 nitrogen and oxygen atoms in total. The Morgan fingerprint density at radius 2 is 1.91 bits per heavy atom. The van der Waals surface area contributed by atoms with Crippen LogP contribution in [0.2, 0.25) is 10.0 Å². The summed E-state index contributed by atoms with van der Waals surface area (Å²) in [4.78, 5) is 40.1. The molecule has 1 aliphatic carbocycles. The highest BCUT2D eigenvalue weighted by Crippen LogP contribution is 2.60. The van der Waals surface area contributed by atoms with Crippen LogP contribution < -0.4 is 26.4 Å². The predicted molar refractivity (Wildman–Crippen MR) is 159 cm³/mol. The van der Waals surface area contributed by atoms with Crippen LogP contribution in [0.1, 0.15) is 46.7 Å². The number of fused-ring (bicyclic) bond motifs is 2. The van der Waals surface area contributed by atoms with Crippen LogP contribution in [0.15, 0.2) is 54.6 Å². The van der Waals surface area contributed by atoms with Gasteiger partial charge >= 0.3 is 0 Å². The number of benzene rings is 3. The van der Waals surface area contributed by atoms with Gasteiger partial charge in [-0.25, -0.2) is 4.39 Å². The number of methoxy groups -OCH3 is 1. The number of rotatable bonds is 8. The second-order valence-electron chi connectivity index (χ2n) is 11.4. The van der Waals surface area contributed by atoms with Crippen molar-refractivity contribution in [1.29, 1.82) is 0 Å². The number of ether oxygens (including phenoxy) is 1. The highest BCUT2D eigenvalue weighted by Gasteiger charge is 2.67. The van der Waals surface area contributed by atoms with Crippen molar-refractivity contribution in [2.24, 2.45) is 11.1 Å². The molecule has 2 aliphatic heterocycles. The molecule has 1 saturated heterocycles. The first-order valence-electron chi connectivity index (χ1n) is 13.7. The van der Waals surface area contributed by atoms with Crippen LogP contribution in [-0.2, 0) is 15.0 Å². The SMILES string of the molecule is COc1cc(C(N)=O)ccc1NC(=O)[C@@H]1N[C@@H](CC2(CF)CC2)C2(C(=O)Nc3cc(Cl)ccc32)[C@H]1c1cccc(Cl)c1F. The molecule has 3 aromatic rings. The van der Waals surface area contributed by atoms with E-state index < -0.39 is 59.0 Å². The molecule has 1 saturated carbocycles. The van der Waals surface area contributed by atoms with E-state index in [4.69, 9.17) is 33.7 Å². The van der Waals surface area contributed by atoms with Gasteiger partial charge in [0.25, 0.3) is 0 Å². The van der Waals surface area contributed by atoms with Gasteiger partial charge in [-0.3, -0.25) is 18.8 Å². The normalized spacial score (nSPS) is 24.9. The number of carbonyl (C=O) groups excluding carboxylic acids is 3. The summed E-state index contributed by atoms with van der Waals surface area (Å²) in [6.45, 7) is -0.590. The summed E-state index contributed by atoms with van der Waals surface area (Å²) in [5.41, 5.74) is 4.64. The third kappa shape index (κ3) is 4.72. The van der Waals surface area contributed by atoms with E-state index >= 15 is 4.39 Å². The van der Waals surface area contributed by atoms with Crippen molar-refractivity contribution < 1.29 is 27.9 Å². The Morgan fingerprint density at radius 1 is 1.14 bits per heavy atom. The molecule has 1 unspecified atom stereocenters. The minimum absolute atomic E-state index is 0.0572. The molecular weight excluding hydrogens is 601 g/mol. The van der Waals surface area contributed by atoms with Crippen molar-refractivity contribution in [3.8, 4) is 5.75 Å². The maximum Gasteiger partial charge on any atom is 0.248 e. The van der Waals surface area contributed by atoms with E-state index in [0.29, 0.717) is 29.1 Å². The molecule has 3 aromatic carbocycles. The van der Waals surface area contributed by atoms with Crippen LogP contribution in [0.3, 0.4) is 0 Å². The van der Waals surface area contributed by atoms with Crippen LogP contribution >= 0.6 is 23.2 Å². The van der Waals surface area contributed by atoms with E-state index in [9.17, 15) is 18.8 Å². The van der Waals surface area contributed by atoms with Crippen molar-refractivity contribution in [1.82, 2.24) is 5.32 Å². The highest BCUT2D eigenvalue weighted by molar-refractivity contribution is 6.31. The summed E-state index contributed by atoms with van der Waals surface area (Å²) in [7, 11) is 1.37. The zero-order valence-electron chi connectivity index (χ0n) is 23.0. The molecule has 3 aliphatic rings. The summed E-state index contributed by atoms with van der Waals surface area (Å²) in [6, 6.07) is 11.7. The van der Waals surface area contributed by atoms with E-state index in [-0.39, 0.29) is 34.0 Å². The van der Waals surface area contributed by atoms with Gasteiger partial charge in [0.05, 0.1) is 30.5 Å². The van der Waals surface area contributed by atoms with Gasteiger partial charge in [-0.15, -0.1) is 0 Å². The van der Waals surface area contributed by atoms with Gasteiger partial charge in [0.1, 0.15) is 17.0 Å². The van der Waals surface area contributed by atoms with Gasteiger partial charge in [0, 0.05) is 33.6 Å². The molecule has 6 rings (SSSR count). The fourth-order valence-electron chi connectivity index (χ4n) is 6.70. The van der Waals surface area contributed by atoms with Gasteiger partial charge in [-0.05, 0) is 66.8 Å². The average molecular weight is 629 g/mol. The lowest BCUT2D eigenvalue weighted by atomic mass is 9.63. The Balaban J connectivity index is 1.52. The summed E-state index contributed by atoms with van der Waals surface area (Å²) >= 11 is 12.5. The lowest BCUT2D eigenvalue weighted by Crippen LogP contribution is -2.49. The molecule has 0 bridgehead atoms. The van der Waals surface area contributed by atoms with Gasteiger partial charge in [0.15, 0.2) is 0 Å². The molecule has 4 atom stereocenters. The average Bonchev–Trinajstić information content (AvgIpc) is 3.60. The molecule has 0 radical (unpaired) electrons. The highest BCUT2D eigenvalue weighted by atomic mass is 35.5. The lowest BCUT2D eigenvalue weighted by molar-refractivity contribution is -0.122. The number of nitrogens with one attached hydrogen (secondary N) is 3. The Bertz CT molecular complexity index is 1670. The van der Waals surface area contributed by atoms with Crippen molar-refractivity contribution in [2.45, 2.75) is 42.7 Å². The monoisotopic (exact) mass is 628 g/mol. The third-order valence-electron chi connectivity index (χ3n) is 9.03. The largest absolute Gasteiger partial charge is 0.495 e. The molecule has 5 N–H and O–H groups in total. The van der Waals surface area contributed by atoms with Gasteiger partial charge in [-0.1, -0.05) is 41.4 Å². The van der Waals surface area contributed by atoms with Crippen LogP contribution in [0.5, 0.6) is 5.75 Å². The van der Waals surface area contributed by atoms with E-state index in [1.807, 2.05) is 0 Å². The molecule has 1 spiro atoms. The number of halogens is 4. The Labute approximate surface area is 256 Å². The van der Waals surface area contributed by atoms with Crippen molar-refractivity contribution in [3.05, 3.63) is 87.2 Å². The first kappa shape index (κ1) is 29.3. The first-order chi connectivity index (χ1) is 20.5. The number of carbonyl (C=O) groups is 3. The summed E-state index contributed by atoms with van der Waals surface area (Å²) in [5, 5.41) is 9.24. The van der Waals surface area contributed by atoms with E-state index in [1.54, 1.807) is 24.3 Å². The fourth-order valence-corrected chi connectivity index (χ4v) is 7.05. The lowest BCUT2D eigenvalue weighted by Gasteiger charge is -2.36. The van der Waals surface area contributed by atoms with Crippen LogP contribution in [0, 0.1) is 11.2 Å². The third-order valence-corrected chi connectivity index (χ3v) is 9.55. The molecular formula is C31H28Cl2F2N4O4. The Kier molecular flexibility index (Phi) is 7.35. The topological polar surface area (TPSA) is 123 Å². The predicted octanol–water partition coefficient (Wildman–Crippen LogP) is 5.33. The number of primary amides is 1. The smallest absolute Gasteiger partial charge is 0.248 e. The number of hydrogen-bond acceptors (Lipinski definition) is 5. The maximum atomic E-state index is 15.9. The summed E-state index contributed by atoms with van der Waals surface area (Å²) in [6.07, 6.45) is 1.49. The van der Waals surface area contributed by atoms with Gasteiger partial charge < -0.3 is 26.4 Å². The Morgan fingerprint density at radius 3 is 2.58 bits per heavy atom. The second kappa shape index (κ2) is 10.8. The molecule has 43 heavy (non-hydrogen) atoms. The van der Waals surface area contributed by atoms with E-state index in [1.165, 1.54) is 37.4 Å². The molecule has 224 valence electrons. The number of nitrogens with two attached hydrogens (primary N) is 1. The molecule has 0 aromatic heterocycles.